The van der Waals surface area contributed by atoms with Gasteiger partial charge in [0.2, 0.25) is 0 Å². The molecule has 0 saturated heterocycles. The fourth-order valence-electron chi connectivity index (χ4n) is 3.26. The van der Waals surface area contributed by atoms with Gasteiger partial charge in [-0.3, -0.25) is 18.9 Å². The monoisotopic (exact) mass is 451 g/mol. The summed E-state index contributed by atoms with van der Waals surface area (Å²) in [5, 5.41) is 0.765. The first kappa shape index (κ1) is 21.6. The van der Waals surface area contributed by atoms with Crippen LogP contribution in [0.25, 0.3) is 22.4 Å². The third kappa shape index (κ3) is 3.84. The van der Waals surface area contributed by atoms with Gasteiger partial charge in [0, 0.05) is 31.6 Å². The lowest BCUT2D eigenvalue weighted by atomic mass is 10.2. The average Bonchev–Trinajstić information content (AvgIpc) is 2.84. The Morgan fingerprint density at radius 1 is 0.969 bits per heavy atom. The zero-order valence-corrected chi connectivity index (χ0v) is 18.8. The molecular formula is C22H21N5O4S. The first-order valence-corrected chi connectivity index (χ1v) is 10.7. The maximum atomic E-state index is 13.0. The minimum atomic E-state index is -0.458. The number of ether oxygens (including phenoxy) is 2. The van der Waals surface area contributed by atoms with Crippen molar-refractivity contribution in [1.82, 2.24) is 24.1 Å². The molecule has 0 unspecified atom stereocenters. The topological polar surface area (TPSA) is 101 Å². The Labute approximate surface area is 187 Å². The lowest BCUT2D eigenvalue weighted by molar-refractivity contribution is 0.355. The molecule has 0 spiro atoms. The number of aryl methyl sites for hydroxylation is 1. The molecule has 0 aliphatic heterocycles. The second-order valence-corrected chi connectivity index (χ2v) is 7.90. The van der Waals surface area contributed by atoms with Gasteiger partial charge in [-0.1, -0.05) is 17.8 Å². The molecule has 4 aromatic rings. The molecule has 0 atom stereocenters. The highest BCUT2D eigenvalue weighted by molar-refractivity contribution is 7.98. The lowest BCUT2D eigenvalue weighted by Crippen LogP contribution is -2.37. The van der Waals surface area contributed by atoms with Crippen LogP contribution >= 0.6 is 11.8 Å². The van der Waals surface area contributed by atoms with Crippen molar-refractivity contribution in [2.75, 3.05) is 14.2 Å². The molecule has 0 radical (unpaired) electrons. The molecule has 4 rings (SSSR count). The van der Waals surface area contributed by atoms with E-state index >= 15 is 0 Å². The van der Waals surface area contributed by atoms with Gasteiger partial charge in [0.05, 0.1) is 19.9 Å². The summed E-state index contributed by atoms with van der Waals surface area (Å²) in [7, 11) is 6.13. The first-order valence-electron chi connectivity index (χ1n) is 9.67. The Morgan fingerprint density at radius 3 is 2.44 bits per heavy atom. The average molecular weight is 452 g/mol. The number of aromatic nitrogens is 5. The van der Waals surface area contributed by atoms with Gasteiger partial charge < -0.3 is 9.47 Å². The molecule has 0 aliphatic rings. The Hall–Kier alpha value is -3.66. The van der Waals surface area contributed by atoms with Crippen LogP contribution in [0.2, 0.25) is 0 Å². The predicted octanol–water partition coefficient (Wildman–Crippen LogP) is 2.40. The second kappa shape index (κ2) is 8.83. The van der Waals surface area contributed by atoms with E-state index in [1.165, 1.54) is 23.4 Å². The maximum Gasteiger partial charge on any atom is 0.332 e. The van der Waals surface area contributed by atoms with Gasteiger partial charge in [0.15, 0.2) is 23.0 Å². The molecule has 10 heteroatoms. The number of methoxy groups -OCH3 is 2. The summed E-state index contributed by atoms with van der Waals surface area (Å²) in [5.41, 5.74) is 0.878. The molecule has 32 heavy (non-hydrogen) atoms. The largest absolute Gasteiger partial charge is 0.493 e. The van der Waals surface area contributed by atoms with Crippen LogP contribution in [0, 0.1) is 0 Å². The number of pyridine rings is 1. The standard InChI is InChI=1S/C22H21N5O4S/c1-26-19-17(21(28)27(2)22(26)29)20(32-12-14-7-5-6-10-23-14)25-18(24-19)13-8-9-15(30-3)16(11-13)31-4/h5-11H,12H2,1-4H3. The number of hydrogen-bond donors (Lipinski definition) is 0. The SMILES string of the molecule is COc1ccc(-c2nc(SCc3ccccn3)c3c(=O)n(C)c(=O)n(C)c3n2)cc1OC. The van der Waals surface area contributed by atoms with E-state index in [-0.39, 0.29) is 5.65 Å². The van der Waals surface area contributed by atoms with Crippen LogP contribution in [0.15, 0.2) is 57.2 Å². The Kier molecular flexibility index (Phi) is 5.95. The normalized spacial score (nSPS) is 11.0. The molecule has 3 aromatic heterocycles. The van der Waals surface area contributed by atoms with E-state index in [9.17, 15) is 9.59 Å². The summed E-state index contributed by atoms with van der Waals surface area (Å²) < 4.78 is 13.1. The quantitative estimate of drug-likeness (QED) is 0.325. The van der Waals surface area contributed by atoms with E-state index in [2.05, 4.69) is 15.0 Å². The van der Waals surface area contributed by atoms with Gasteiger partial charge in [-0.25, -0.2) is 14.8 Å². The fraction of sp³-hybridized carbons (Fsp3) is 0.227. The van der Waals surface area contributed by atoms with Crippen LogP contribution in [0.5, 0.6) is 11.5 Å². The van der Waals surface area contributed by atoms with Crippen LogP contribution in [0.3, 0.4) is 0 Å². The van der Waals surface area contributed by atoms with E-state index in [1.807, 2.05) is 18.2 Å². The summed E-state index contributed by atoms with van der Waals surface area (Å²) >= 11 is 1.37. The van der Waals surface area contributed by atoms with E-state index in [1.54, 1.807) is 45.7 Å². The molecule has 0 bridgehead atoms. The molecule has 0 saturated carbocycles. The van der Waals surface area contributed by atoms with E-state index in [4.69, 9.17) is 9.47 Å². The third-order valence-electron chi connectivity index (χ3n) is 4.99. The Balaban J connectivity index is 1.93. The van der Waals surface area contributed by atoms with Gasteiger partial charge in [0.25, 0.3) is 5.56 Å². The van der Waals surface area contributed by atoms with Gasteiger partial charge in [-0.15, -0.1) is 0 Å². The molecule has 0 amide bonds. The van der Waals surface area contributed by atoms with Crippen molar-refractivity contribution in [2.45, 2.75) is 10.8 Å². The zero-order chi connectivity index (χ0) is 22.8. The van der Waals surface area contributed by atoms with Crippen molar-refractivity contribution >= 4 is 22.8 Å². The van der Waals surface area contributed by atoms with Crippen molar-refractivity contribution < 1.29 is 9.47 Å². The fourth-order valence-corrected chi connectivity index (χ4v) is 4.19. The minimum Gasteiger partial charge on any atom is -0.493 e. The summed E-state index contributed by atoms with van der Waals surface area (Å²) in [6.07, 6.45) is 1.71. The molecule has 1 aromatic carbocycles. The molecule has 0 aliphatic carbocycles. The number of thioether (sulfide) groups is 1. The van der Waals surface area contributed by atoms with Crippen molar-refractivity contribution in [3.63, 3.8) is 0 Å². The maximum absolute atomic E-state index is 13.0. The van der Waals surface area contributed by atoms with Crippen molar-refractivity contribution in [3.8, 4) is 22.9 Å². The highest BCUT2D eigenvalue weighted by Crippen LogP contribution is 2.33. The lowest BCUT2D eigenvalue weighted by Gasteiger charge is -2.13. The summed E-state index contributed by atoms with van der Waals surface area (Å²) in [4.78, 5) is 39.1. The number of fused-ring (bicyclic) bond motifs is 1. The highest BCUT2D eigenvalue weighted by Gasteiger charge is 2.19. The molecule has 0 fully saturated rings. The van der Waals surface area contributed by atoms with E-state index in [0.29, 0.717) is 39.1 Å². The number of nitrogens with zero attached hydrogens (tertiary/aromatic N) is 5. The number of rotatable bonds is 6. The molecule has 9 nitrogen and oxygen atoms in total. The second-order valence-electron chi connectivity index (χ2n) is 6.94. The van der Waals surface area contributed by atoms with Gasteiger partial charge >= 0.3 is 5.69 Å². The predicted molar refractivity (Wildman–Crippen MR) is 122 cm³/mol. The third-order valence-corrected chi connectivity index (χ3v) is 6.00. The number of hydrogen-bond acceptors (Lipinski definition) is 8. The van der Waals surface area contributed by atoms with E-state index in [0.717, 1.165) is 10.3 Å². The van der Waals surface area contributed by atoms with Crippen molar-refractivity contribution in [2.24, 2.45) is 14.1 Å². The zero-order valence-electron chi connectivity index (χ0n) is 18.0. The first-order chi connectivity index (χ1) is 15.4. The van der Waals surface area contributed by atoms with Crippen LogP contribution in [0.1, 0.15) is 5.69 Å². The van der Waals surface area contributed by atoms with Gasteiger partial charge in [0.1, 0.15) is 10.4 Å². The Bertz CT molecular complexity index is 1420. The minimum absolute atomic E-state index is 0.265. The Morgan fingerprint density at radius 2 is 1.75 bits per heavy atom. The van der Waals surface area contributed by atoms with Crippen molar-refractivity contribution in [1.29, 1.82) is 0 Å². The van der Waals surface area contributed by atoms with Gasteiger partial charge in [-0.05, 0) is 30.3 Å². The van der Waals surface area contributed by atoms with Crippen LogP contribution in [-0.2, 0) is 19.8 Å². The molecule has 164 valence electrons. The smallest absolute Gasteiger partial charge is 0.332 e. The van der Waals surface area contributed by atoms with Crippen LogP contribution in [0.4, 0.5) is 0 Å². The molecule has 3 heterocycles. The highest BCUT2D eigenvalue weighted by atomic mass is 32.2. The molecular weight excluding hydrogens is 430 g/mol. The summed E-state index contributed by atoms with van der Waals surface area (Å²) in [6, 6.07) is 11.0. The van der Waals surface area contributed by atoms with E-state index < -0.39 is 11.2 Å². The van der Waals surface area contributed by atoms with Crippen LogP contribution < -0.4 is 20.7 Å². The summed E-state index contributed by atoms with van der Waals surface area (Å²) in [6.45, 7) is 0. The number of benzene rings is 1. The molecule has 0 N–H and O–H groups in total. The van der Waals surface area contributed by atoms with Crippen molar-refractivity contribution in [3.05, 3.63) is 69.1 Å². The van der Waals surface area contributed by atoms with Crippen LogP contribution in [-0.4, -0.2) is 38.3 Å². The van der Waals surface area contributed by atoms with Gasteiger partial charge in [-0.2, -0.15) is 0 Å². The summed E-state index contributed by atoms with van der Waals surface area (Å²) in [5.74, 6) is 1.96.